The van der Waals surface area contributed by atoms with Gasteiger partial charge in [-0.15, -0.1) is 5.10 Å². The molecule has 2 aromatic rings. The molecule has 0 radical (unpaired) electrons. The van der Waals surface area contributed by atoms with E-state index in [0.29, 0.717) is 12.6 Å². The second-order valence-corrected chi connectivity index (χ2v) is 8.65. The number of nitrogens with one attached hydrogen (secondary N) is 1. The van der Waals surface area contributed by atoms with Gasteiger partial charge in [0.1, 0.15) is 12.4 Å². The van der Waals surface area contributed by atoms with Crippen molar-refractivity contribution in [3.8, 4) is 5.75 Å². The lowest BCUT2D eigenvalue weighted by Crippen LogP contribution is -2.33. The van der Waals surface area contributed by atoms with Crippen LogP contribution in [-0.2, 0) is 4.74 Å². The Morgan fingerprint density at radius 3 is 2.53 bits per heavy atom. The lowest BCUT2D eigenvalue weighted by atomic mass is 9.87. The molecule has 2 aliphatic rings. The van der Waals surface area contributed by atoms with Crippen molar-refractivity contribution in [3.63, 3.8) is 0 Å². The SMILES string of the molecule is COC1CCC(C(=O)n2nc(Nc3ccc(OCCN4CCCCC4)cc3)nc2N)CC1. The van der Waals surface area contributed by atoms with E-state index in [1.54, 1.807) is 7.11 Å². The standard InChI is InChI=1S/C23H34N6O3/c1-31-19-9-5-17(6-10-19)21(30)29-22(24)26-23(27-29)25-18-7-11-20(12-8-18)32-16-15-28-13-3-2-4-14-28/h7-8,11-12,17,19H,2-6,9-10,13-16H2,1H3,(H3,24,25,26,27). The van der Waals surface area contributed by atoms with Crippen LogP contribution in [0.5, 0.6) is 5.75 Å². The first kappa shape index (κ1) is 22.5. The summed E-state index contributed by atoms with van der Waals surface area (Å²) in [6.45, 7) is 3.99. The molecule has 174 valence electrons. The van der Waals surface area contributed by atoms with Crippen molar-refractivity contribution in [2.24, 2.45) is 5.92 Å². The fraction of sp³-hybridized carbons (Fsp3) is 0.609. The molecule has 0 atom stereocenters. The Hall–Kier alpha value is -2.65. The van der Waals surface area contributed by atoms with Gasteiger partial charge < -0.3 is 20.5 Å². The molecule has 1 saturated heterocycles. The third-order valence-corrected chi connectivity index (χ3v) is 6.43. The van der Waals surface area contributed by atoms with Crippen LogP contribution < -0.4 is 15.8 Å². The van der Waals surface area contributed by atoms with E-state index >= 15 is 0 Å². The van der Waals surface area contributed by atoms with E-state index < -0.39 is 0 Å². The predicted octanol–water partition coefficient (Wildman–Crippen LogP) is 3.31. The molecule has 2 heterocycles. The van der Waals surface area contributed by atoms with E-state index in [4.69, 9.17) is 15.2 Å². The van der Waals surface area contributed by atoms with Crippen LogP contribution in [0.15, 0.2) is 24.3 Å². The first-order chi connectivity index (χ1) is 15.6. The molecule has 1 aliphatic carbocycles. The Morgan fingerprint density at radius 1 is 1.12 bits per heavy atom. The Labute approximate surface area is 189 Å². The van der Waals surface area contributed by atoms with E-state index in [1.807, 2.05) is 24.3 Å². The molecular formula is C23H34N6O3. The van der Waals surface area contributed by atoms with Gasteiger partial charge in [0.25, 0.3) is 5.91 Å². The molecule has 1 saturated carbocycles. The third-order valence-electron chi connectivity index (χ3n) is 6.43. The van der Waals surface area contributed by atoms with E-state index in [2.05, 4.69) is 20.3 Å². The van der Waals surface area contributed by atoms with E-state index in [-0.39, 0.29) is 23.9 Å². The number of likely N-dealkylation sites (tertiary alicyclic amines) is 1. The van der Waals surface area contributed by atoms with Gasteiger partial charge in [0, 0.05) is 25.3 Å². The molecule has 32 heavy (non-hydrogen) atoms. The number of methoxy groups -OCH3 is 1. The average Bonchev–Trinajstić information content (AvgIpc) is 3.20. The summed E-state index contributed by atoms with van der Waals surface area (Å²) in [5.74, 6) is 1.03. The Morgan fingerprint density at radius 2 is 1.84 bits per heavy atom. The number of rotatable bonds is 8. The van der Waals surface area contributed by atoms with Crippen LogP contribution in [0.25, 0.3) is 0 Å². The van der Waals surface area contributed by atoms with Gasteiger partial charge >= 0.3 is 0 Å². The molecule has 9 heteroatoms. The van der Waals surface area contributed by atoms with Crippen LogP contribution in [0.3, 0.4) is 0 Å². The zero-order valence-electron chi connectivity index (χ0n) is 18.8. The summed E-state index contributed by atoms with van der Waals surface area (Å²) in [5.41, 5.74) is 6.78. The average molecular weight is 443 g/mol. The first-order valence-corrected chi connectivity index (χ1v) is 11.6. The van der Waals surface area contributed by atoms with E-state index in [1.165, 1.54) is 37.0 Å². The number of carbonyl (C=O) groups excluding carboxylic acids is 1. The highest BCUT2D eigenvalue weighted by atomic mass is 16.5. The predicted molar refractivity (Wildman–Crippen MR) is 123 cm³/mol. The number of benzene rings is 1. The largest absolute Gasteiger partial charge is 0.492 e. The maximum Gasteiger partial charge on any atom is 0.253 e. The summed E-state index contributed by atoms with van der Waals surface area (Å²) in [7, 11) is 1.72. The van der Waals surface area contributed by atoms with E-state index in [0.717, 1.165) is 43.7 Å². The van der Waals surface area contributed by atoms with Crippen LogP contribution in [0.1, 0.15) is 49.7 Å². The zero-order valence-corrected chi connectivity index (χ0v) is 18.8. The molecule has 1 aromatic heterocycles. The van der Waals surface area contributed by atoms with E-state index in [9.17, 15) is 4.79 Å². The molecule has 0 spiro atoms. The third kappa shape index (κ3) is 5.77. The van der Waals surface area contributed by atoms with Gasteiger partial charge in [-0.25, -0.2) is 0 Å². The molecule has 1 aromatic carbocycles. The number of nitrogens with zero attached hydrogens (tertiary/aromatic N) is 4. The summed E-state index contributed by atoms with van der Waals surface area (Å²) in [4.78, 5) is 19.5. The van der Waals surface area contributed by atoms with Crippen molar-refractivity contribution in [1.82, 2.24) is 19.7 Å². The number of aromatic nitrogens is 3. The van der Waals surface area contributed by atoms with Crippen molar-refractivity contribution in [2.45, 2.75) is 51.0 Å². The van der Waals surface area contributed by atoms with Crippen LogP contribution >= 0.6 is 0 Å². The smallest absolute Gasteiger partial charge is 0.253 e. The number of ether oxygens (including phenoxy) is 2. The second kappa shape index (κ2) is 10.8. The highest BCUT2D eigenvalue weighted by Crippen LogP contribution is 2.28. The van der Waals surface area contributed by atoms with Gasteiger partial charge in [0.2, 0.25) is 11.9 Å². The summed E-state index contributed by atoms with van der Waals surface area (Å²) < 4.78 is 12.5. The Kier molecular flexibility index (Phi) is 7.59. The number of hydrogen-bond acceptors (Lipinski definition) is 8. The number of anilines is 3. The number of nitrogen functional groups attached to an aromatic ring is 1. The van der Waals surface area contributed by atoms with Gasteiger partial charge in [-0.05, 0) is 75.9 Å². The number of piperidine rings is 1. The van der Waals surface area contributed by atoms with Gasteiger partial charge in [-0.3, -0.25) is 9.69 Å². The molecule has 0 amide bonds. The van der Waals surface area contributed by atoms with Gasteiger partial charge in [0.15, 0.2) is 0 Å². The molecule has 0 bridgehead atoms. The normalized spacial score (nSPS) is 21.9. The summed E-state index contributed by atoms with van der Waals surface area (Å²) >= 11 is 0. The highest BCUT2D eigenvalue weighted by molar-refractivity contribution is 5.83. The molecule has 1 aliphatic heterocycles. The lowest BCUT2D eigenvalue weighted by molar-refractivity contribution is 0.0476. The first-order valence-electron chi connectivity index (χ1n) is 11.6. The van der Waals surface area contributed by atoms with Crippen molar-refractivity contribution in [1.29, 1.82) is 0 Å². The van der Waals surface area contributed by atoms with Gasteiger partial charge in [-0.2, -0.15) is 9.67 Å². The number of carbonyl (C=O) groups is 1. The highest BCUT2D eigenvalue weighted by Gasteiger charge is 2.29. The van der Waals surface area contributed by atoms with Crippen molar-refractivity contribution >= 4 is 23.5 Å². The number of hydrogen-bond donors (Lipinski definition) is 2. The van der Waals surface area contributed by atoms with Crippen LogP contribution in [0, 0.1) is 5.92 Å². The molecule has 0 unspecified atom stereocenters. The summed E-state index contributed by atoms with van der Waals surface area (Å²) in [5, 5.41) is 7.41. The maximum atomic E-state index is 12.8. The zero-order chi connectivity index (χ0) is 22.3. The fourth-order valence-corrected chi connectivity index (χ4v) is 4.50. The topological polar surface area (TPSA) is 108 Å². The number of nitrogens with two attached hydrogens (primary N) is 1. The lowest BCUT2D eigenvalue weighted by Gasteiger charge is -2.26. The quantitative estimate of drug-likeness (QED) is 0.641. The van der Waals surface area contributed by atoms with Crippen molar-refractivity contribution < 1.29 is 14.3 Å². The molecule has 2 fully saturated rings. The van der Waals surface area contributed by atoms with Crippen LogP contribution in [0.4, 0.5) is 17.6 Å². The minimum absolute atomic E-state index is 0.0976. The van der Waals surface area contributed by atoms with Crippen LogP contribution in [0.2, 0.25) is 0 Å². The molecule has 3 N–H and O–H groups in total. The second-order valence-electron chi connectivity index (χ2n) is 8.65. The monoisotopic (exact) mass is 442 g/mol. The van der Waals surface area contributed by atoms with Gasteiger partial charge in [-0.1, -0.05) is 6.42 Å². The Bertz CT molecular complexity index is 870. The Balaban J connectivity index is 1.28. The molecule has 4 rings (SSSR count). The summed E-state index contributed by atoms with van der Waals surface area (Å²) in [6.07, 6.45) is 7.45. The van der Waals surface area contributed by atoms with Crippen molar-refractivity contribution in [2.75, 3.05) is 44.4 Å². The molecular weight excluding hydrogens is 408 g/mol. The van der Waals surface area contributed by atoms with Crippen molar-refractivity contribution in [3.05, 3.63) is 24.3 Å². The minimum atomic E-state index is -0.102. The fourth-order valence-electron chi connectivity index (χ4n) is 4.50. The van der Waals surface area contributed by atoms with Crippen LogP contribution in [-0.4, -0.2) is 65.0 Å². The summed E-state index contributed by atoms with van der Waals surface area (Å²) in [6, 6.07) is 7.64. The van der Waals surface area contributed by atoms with Gasteiger partial charge in [0.05, 0.1) is 6.10 Å². The maximum absolute atomic E-state index is 12.8. The molecule has 9 nitrogen and oxygen atoms in total. The minimum Gasteiger partial charge on any atom is -0.492 e.